The van der Waals surface area contributed by atoms with Crippen LogP contribution in [-0.2, 0) is 11.3 Å². The molecule has 146 valence electrons. The summed E-state index contributed by atoms with van der Waals surface area (Å²) in [5.74, 6) is 4.03. The summed E-state index contributed by atoms with van der Waals surface area (Å²) in [6.07, 6.45) is 1.15. The van der Waals surface area contributed by atoms with Crippen LogP contribution in [0.25, 0.3) is 0 Å². The van der Waals surface area contributed by atoms with Crippen LogP contribution in [0.2, 0.25) is 0 Å². The molecular weight excluding hydrogens is 459 g/mol. The van der Waals surface area contributed by atoms with Gasteiger partial charge in [0.25, 0.3) is 0 Å². The van der Waals surface area contributed by atoms with E-state index in [0.717, 1.165) is 51.8 Å². The molecule has 2 aliphatic rings. The maximum Gasteiger partial charge on any atom is 0.193 e. The number of hydrogen-bond donors (Lipinski definition) is 1. The van der Waals surface area contributed by atoms with Crippen LogP contribution in [0.1, 0.15) is 12.0 Å². The third-order valence-electron chi connectivity index (χ3n) is 4.89. The van der Waals surface area contributed by atoms with Crippen molar-refractivity contribution in [3.8, 4) is 0 Å². The van der Waals surface area contributed by atoms with Gasteiger partial charge in [-0.25, -0.2) is 0 Å². The summed E-state index contributed by atoms with van der Waals surface area (Å²) in [6, 6.07) is 8.94. The van der Waals surface area contributed by atoms with Crippen molar-refractivity contribution in [3.63, 3.8) is 0 Å². The molecule has 0 bridgehead atoms. The molecule has 0 spiro atoms. The Morgan fingerprint density at radius 2 is 2.04 bits per heavy atom. The lowest BCUT2D eigenvalue weighted by atomic mass is 10.1. The minimum absolute atomic E-state index is 0. The second kappa shape index (κ2) is 11.2. The van der Waals surface area contributed by atoms with E-state index in [2.05, 4.69) is 51.4 Å². The molecule has 0 aliphatic carbocycles. The predicted molar refractivity (Wildman–Crippen MR) is 123 cm³/mol. The van der Waals surface area contributed by atoms with E-state index >= 15 is 0 Å². The Bertz CT molecular complexity index is 557. The second-order valence-corrected chi connectivity index (χ2v) is 8.00. The number of guanidine groups is 1. The van der Waals surface area contributed by atoms with Gasteiger partial charge in [-0.3, -0.25) is 4.99 Å². The molecular formula is C19H31IN4OS. The molecule has 0 aromatic heterocycles. The van der Waals surface area contributed by atoms with Gasteiger partial charge in [0.05, 0.1) is 6.61 Å². The molecule has 1 N–H and O–H groups in total. The van der Waals surface area contributed by atoms with Crippen LogP contribution in [0, 0.1) is 5.92 Å². The minimum Gasteiger partial charge on any atom is -0.381 e. The third kappa shape index (κ3) is 6.20. The number of anilines is 1. The summed E-state index contributed by atoms with van der Waals surface area (Å²) in [7, 11) is 3.95. The Morgan fingerprint density at radius 1 is 1.31 bits per heavy atom. The smallest absolute Gasteiger partial charge is 0.193 e. The fraction of sp³-hybridized carbons (Fsp3) is 0.632. The molecule has 2 aliphatic heterocycles. The molecule has 1 aromatic rings. The van der Waals surface area contributed by atoms with Crippen LogP contribution in [-0.4, -0.2) is 69.3 Å². The molecule has 1 unspecified atom stereocenters. The van der Waals surface area contributed by atoms with Gasteiger partial charge >= 0.3 is 0 Å². The number of benzene rings is 1. The number of halogens is 1. The molecule has 1 aromatic carbocycles. The van der Waals surface area contributed by atoms with Crippen LogP contribution in [0.3, 0.4) is 0 Å². The van der Waals surface area contributed by atoms with E-state index in [1.807, 2.05) is 18.8 Å². The Morgan fingerprint density at radius 3 is 2.65 bits per heavy atom. The highest BCUT2D eigenvalue weighted by Crippen LogP contribution is 2.20. The molecule has 5 nitrogen and oxygen atoms in total. The number of aliphatic imine (C=N–C) groups is 1. The Hall–Kier alpha value is -0.670. The lowest BCUT2D eigenvalue weighted by molar-refractivity contribution is 0.181. The third-order valence-corrected chi connectivity index (χ3v) is 5.84. The van der Waals surface area contributed by atoms with Gasteiger partial charge in [0.15, 0.2) is 5.96 Å². The summed E-state index contributed by atoms with van der Waals surface area (Å²) in [6.45, 7) is 5.87. The lowest BCUT2D eigenvalue weighted by Gasteiger charge is -2.28. The zero-order valence-corrected chi connectivity index (χ0v) is 19.0. The first-order chi connectivity index (χ1) is 12.3. The number of nitrogens with zero attached hydrogens (tertiary/aromatic N) is 3. The van der Waals surface area contributed by atoms with Crippen molar-refractivity contribution in [2.45, 2.75) is 13.0 Å². The predicted octanol–water partition coefficient (Wildman–Crippen LogP) is 2.90. The number of nitrogens with one attached hydrogen (secondary N) is 1. The number of thioether (sulfide) groups is 1. The van der Waals surface area contributed by atoms with E-state index in [1.54, 1.807) is 0 Å². The Labute approximate surface area is 179 Å². The maximum absolute atomic E-state index is 5.47. The standard InChI is InChI=1S/C19H30N4OS.HI/c1-20-19(22(2)14-17-7-10-24-15-17)21-13-16-3-5-18(6-4-16)23-8-11-25-12-9-23;/h3-6,17H,7-15H2,1-2H3,(H,20,21);1H. The maximum atomic E-state index is 5.47. The van der Waals surface area contributed by atoms with Gasteiger partial charge in [0, 0.05) is 70.0 Å². The highest BCUT2D eigenvalue weighted by atomic mass is 127. The van der Waals surface area contributed by atoms with E-state index in [4.69, 9.17) is 4.74 Å². The fourth-order valence-corrected chi connectivity index (χ4v) is 4.32. The fourth-order valence-electron chi connectivity index (χ4n) is 3.41. The van der Waals surface area contributed by atoms with E-state index in [1.165, 1.54) is 22.8 Å². The monoisotopic (exact) mass is 490 g/mol. The summed E-state index contributed by atoms with van der Waals surface area (Å²) in [5, 5.41) is 3.48. The molecule has 0 amide bonds. The second-order valence-electron chi connectivity index (χ2n) is 6.78. The summed E-state index contributed by atoms with van der Waals surface area (Å²) >= 11 is 2.05. The summed E-state index contributed by atoms with van der Waals surface area (Å²) in [5.41, 5.74) is 2.63. The van der Waals surface area contributed by atoms with Gasteiger partial charge in [-0.1, -0.05) is 12.1 Å². The zero-order valence-electron chi connectivity index (χ0n) is 15.8. The van der Waals surface area contributed by atoms with Crippen molar-refractivity contribution in [1.82, 2.24) is 10.2 Å². The normalized spacial score (nSPS) is 20.6. The van der Waals surface area contributed by atoms with Crippen LogP contribution >= 0.6 is 35.7 Å². The molecule has 2 saturated heterocycles. The molecule has 1 atom stereocenters. The number of hydrogen-bond acceptors (Lipinski definition) is 4. The van der Waals surface area contributed by atoms with Crippen LogP contribution in [0.5, 0.6) is 0 Å². The number of ether oxygens (including phenoxy) is 1. The Kier molecular flexibility index (Phi) is 9.35. The molecule has 2 fully saturated rings. The lowest BCUT2D eigenvalue weighted by Crippen LogP contribution is -2.41. The quantitative estimate of drug-likeness (QED) is 0.391. The first-order valence-electron chi connectivity index (χ1n) is 9.17. The van der Waals surface area contributed by atoms with E-state index in [9.17, 15) is 0 Å². The van der Waals surface area contributed by atoms with Gasteiger partial charge in [-0.15, -0.1) is 24.0 Å². The van der Waals surface area contributed by atoms with Crippen molar-refractivity contribution in [2.75, 3.05) is 63.3 Å². The van der Waals surface area contributed by atoms with Crippen molar-refractivity contribution in [1.29, 1.82) is 0 Å². The van der Waals surface area contributed by atoms with E-state index in [-0.39, 0.29) is 24.0 Å². The van der Waals surface area contributed by atoms with Gasteiger partial charge in [-0.2, -0.15) is 11.8 Å². The Balaban J connectivity index is 0.00000243. The highest BCUT2D eigenvalue weighted by Gasteiger charge is 2.19. The molecule has 7 heteroatoms. The van der Waals surface area contributed by atoms with Gasteiger partial charge < -0.3 is 19.9 Å². The molecule has 0 saturated carbocycles. The zero-order chi connectivity index (χ0) is 17.5. The minimum atomic E-state index is 0. The topological polar surface area (TPSA) is 40.1 Å². The largest absolute Gasteiger partial charge is 0.381 e. The van der Waals surface area contributed by atoms with Crippen LogP contribution in [0.4, 0.5) is 5.69 Å². The summed E-state index contributed by atoms with van der Waals surface area (Å²) in [4.78, 5) is 9.10. The van der Waals surface area contributed by atoms with Crippen molar-refractivity contribution >= 4 is 47.4 Å². The number of rotatable bonds is 5. The van der Waals surface area contributed by atoms with Gasteiger partial charge in [0.1, 0.15) is 0 Å². The highest BCUT2D eigenvalue weighted by molar-refractivity contribution is 14.0. The van der Waals surface area contributed by atoms with Crippen molar-refractivity contribution < 1.29 is 4.74 Å². The van der Waals surface area contributed by atoms with Crippen molar-refractivity contribution in [3.05, 3.63) is 29.8 Å². The van der Waals surface area contributed by atoms with Crippen LogP contribution < -0.4 is 10.2 Å². The first-order valence-corrected chi connectivity index (χ1v) is 10.3. The van der Waals surface area contributed by atoms with Crippen LogP contribution in [0.15, 0.2) is 29.3 Å². The SMILES string of the molecule is CN=C(NCc1ccc(N2CCSCC2)cc1)N(C)CC1CCOC1.I. The molecule has 0 radical (unpaired) electrons. The van der Waals surface area contributed by atoms with E-state index in [0.29, 0.717) is 5.92 Å². The van der Waals surface area contributed by atoms with E-state index < -0.39 is 0 Å². The van der Waals surface area contributed by atoms with Gasteiger partial charge in [-0.05, 0) is 24.1 Å². The molecule has 3 rings (SSSR count). The molecule has 26 heavy (non-hydrogen) atoms. The summed E-state index contributed by atoms with van der Waals surface area (Å²) < 4.78 is 5.47. The first kappa shape index (κ1) is 21.6. The average Bonchev–Trinajstić information content (AvgIpc) is 3.16. The van der Waals surface area contributed by atoms with Gasteiger partial charge in [0.2, 0.25) is 0 Å². The van der Waals surface area contributed by atoms with Crippen molar-refractivity contribution in [2.24, 2.45) is 10.9 Å². The molecule has 2 heterocycles. The average molecular weight is 490 g/mol.